The van der Waals surface area contributed by atoms with Crippen molar-refractivity contribution in [1.29, 1.82) is 0 Å². The van der Waals surface area contributed by atoms with Crippen LogP contribution in [0.3, 0.4) is 0 Å². The molecule has 2 amide bonds. The Hall–Kier alpha value is -1.34. The Bertz CT molecular complexity index is 552. The van der Waals surface area contributed by atoms with Crippen LogP contribution in [-0.2, 0) is 14.3 Å². The zero-order valence-corrected chi connectivity index (χ0v) is 17.5. The second-order valence-electron chi connectivity index (χ2n) is 9.76. The zero-order chi connectivity index (χ0) is 19.9. The first-order valence-electron chi connectivity index (χ1n) is 9.42. The molecule has 2 saturated heterocycles. The molecule has 0 aliphatic carbocycles. The Balaban J connectivity index is 2.34. The number of ether oxygens (including phenoxy) is 2. The van der Waals surface area contributed by atoms with E-state index in [4.69, 9.17) is 9.47 Å². The highest BCUT2D eigenvalue weighted by Crippen LogP contribution is 2.39. The lowest BCUT2D eigenvalue weighted by molar-refractivity contribution is -0.144. The van der Waals surface area contributed by atoms with E-state index < -0.39 is 23.5 Å². The van der Waals surface area contributed by atoms with Crippen LogP contribution in [0.15, 0.2) is 0 Å². The van der Waals surface area contributed by atoms with Crippen LogP contribution in [0.2, 0.25) is 0 Å². The topological polar surface area (TPSA) is 71.1 Å². The van der Waals surface area contributed by atoms with E-state index in [9.17, 15) is 9.59 Å². The number of carbonyl (C=O) groups excluding carboxylic acids is 2. The third-order valence-electron chi connectivity index (χ3n) is 4.74. The second-order valence-corrected chi connectivity index (χ2v) is 9.76. The predicted octanol–water partition coefficient (Wildman–Crippen LogP) is 2.20. The molecule has 2 aliphatic heterocycles. The Labute approximate surface area is 157 Å². The molecule has 0 bridgehead atoms. The Morgan fingerprint density at radius 3 is 2.31 bits per heavy atom. The highest BCUT2D eigenvalue weighted by Gasteiger charge is 2.57. The van der Waals surface area contributed by atoms with Crippen LogP contribution in [0, 0.1) is 5.41 Å². The summed E-state index contributed by atoms with van der Waals surface area (Å²) in [7, 11) is 0. The van der Waals surface area contributed by atoms with Gasteiger partial charge in [0.15, 0.2) is 0 Å². The maximum atomic E-state index is 13.4. The van der Waals surface area contributed by atoms with Crippen LogP contribution < -0.4 is 5.32 Å². The van der Waals surface area contributed by atoms with Gasteiger partial charge in [-0.25, -0.2) is 4.79 Å². The van der Waals surface area contributed by atoms with E-state index in [1.807, 2.05) is 46.4 Å². The van der Waals surface area contributed by atoms with Crippen molar-refractivity contribution < 1.29 is 19.1 Å². The number of nitrogens with one attached hydrogen (secondary N) is 1. The van der Waals surface area contributed by atoms with Gasteiger partial charge in [-0.1, -0.05) is 20.8 Å². The lowest BCUT2D eigenvalue weighted by atomic mass is 9.91. The minimum Gasteiger partial charge on any atom is -0.444 e. The van der Waals surface area contributed by atoms with Crippen LogP contribution in [0.25, 0.3) is 0 Å². The van der Waals surface area contributed by atoms with Crippen molar-refractivity contribution in [3.63, 3.8) is 0 Å². The zero-order valence-electron chi connectivity index (χ0n) is 17.5. The molecular weight excluding hydrogens is 334 g/mol. The van der Waals surface area contributed by atoms with Gasteiger partial charge in [-0.2, -0.15) is 0 Å². The molecule has 26 heavy (non-hydrogen) atoms. The summed E-state index contributed by atoms with van der Waals surface area (Å²) in [5, 5.41) is 3.34. The normalized spacial score (nSPS) is 30.5. The van der Waals surface area contributed by atoms with Crippen molar-refractivity contribution in [2.24, 2.45) is 5.41 Å². The van der Waals surface area contributed by atoms with Gasteiger partial charge in [0.1, 0.15) is 17.4 Å². The fourth-order valence-corrected chi connectivity index (χ4v) is 3.51. The van der Waals surface area contributed by atoms with Crippen LogP contribution in [0.5, 0.6) is 0 Å². The molecule has 0 saturated carbocycles. The number of hydrogen-bond donors (Lipinski definition) is 1. The molecule has 2 heterocycles. The molecule has 0 unspecified atom stereocenters. The molecule has 0 spiro atoms. The van der Waals surface area contributed by atoms with Crippen molar-refractivity contribution in [1.82, 2.24) is 15.1 Å². The fourth-order valence-electron chi connectivity index (χ4n) is 3.51. The molecule has 3 atom stereocenters. The van der Waals surface area contributed by atoms with Crippen LogP contribution >= 0.6 is 0 Å². The van der Waals surface area contributed by atoms with Crippen LogP contribution in [-0.4, -0.2) is 71.5 Å². The van der Waals surface area contributed by atoms with Crippen molar-refractivity contribution in [2.45, 2.75) is 78.8 Å². The first-order chi connectivity index (χ1) is 11.8. The average Bonchev–Trinajstić information content (AvgIpc) is 2.84. The van der Waals surface area contributed by atoms with Gasteiger partial charge in [-0.3, -0.25) is 9.69 Å². The largest absolute Gasteiger partial charge is 0.444 e. The summed E-state index contributed by atoms with van der Waals surface area (Å²) in [6.45, 7) is 17.5. The molecule has 7 nitrogen and oxygen atoms in total. The highest BCUT2D eigenvalue weighted by atomic mass is 16.6. The molecule has 0 aromatic heterocycles. The predicted molar refractivity (Wildman–Crippen MR) is 99.7 cm³/mol. The summed E-state index contributed by atoms with van der Waals surface area (Å²) in [5.74, 6) is -0.0801. The average molecular weight is 370 g/mol. The third kappa shape index (κ3) is 4.31. The number of amides is 2. The Morgan fingerprint density at radius 1 is 1.19 bits per heavy atom. The molecule has 2 rings (SSSR count). The van der Waals surface area contributed by atoms with Gasteiger partial charge in [0.05, 0.1) is 6.61 Å². The van der Waals surface area contributed by atoms with Crippen LogP contribution in [0.1, 0.15) is 55.4 Å². The first-order valence-corrected chi connectivity index (χ1v) is 9.42. The van der Waals surface area contributed by atoms with E-state index in [2.05, 4.69) is 12.2 Å². The van der Waals surface area contributed by atoms with Crippen molar-refractivity contribution >= 4 is 12.0 Å². The summed E-state index contributed by atoms with van der Waals surface area (Å²) in [6, 6.07) is 0.229. The number of carbonyl (C=O) groups is 2. The van der Waals surface area contributed by atoms with Crippen molar-refractivity contribution in [2.75, 3.05) is 26.2 Å². The van der Waals surface area contributed by atoms with Gasteiger partial charge in [-0.05, 0) is 34.6 Å². The Kier molecular flexibility index (Phi) is 5.64. The van der Waals surface area contributed by atoms with Gasteiger partial charge >= 0.3 is 6.09 Å². The van der Waals surface area contributed by atoms with E-state index in [0.717, 1.165) is 6.54 Å². The molecule has 0 radical (unpaired) electrons. The van der Waals surface area contributed by atoms with Gasteiger partial charge in [0.2, 0.25) is 0 Å². The van der Waals surface area contributed by atoms with Crippen molar-refractivity contribution in [3.8, 4) is 0 Å². The highest BCUT2D eigenvalue weighted by molar-refractivity contribution is 5.90. The minimum absolute atomic E-state index is 0.0801. The van der Waals surface area contributed by atoms with E-state index in [0.29, 0.717) is 13.1 Å². The quantitative estimate of drug-likeness (QED) is 0.767. The van der Waals surface area contributed by atoms with E-state index in [1.165, 1.54) is 4.90 Å². The fraction of sp³-hybridized carbons (Fsp3) is 0.895. The van der Waals surface area contributed by atoms with Gasteiger partial charge < -0.3 is 19.7 Å². The summed E-state index contributed by atoms with van der Waals surface area (Å²) >= 11 is 0. The second kappa shape index (κ2) is 7.00. The number of nitrogens with zero attached hydrogens (tertiary/aromatic N) is 2. The van der Waals surface area contributed by atoms with E-state index in [1.54, 1.807) is 6.92 Å². The number of rotatable bonds is 1. The van der Waals surface area contributed by atoms with Gasteiger partial charge in [0.25, 0.3) is 5.91 Å². The molecule has 1 N–H and O–H groups in total. The molecule has 2 aliphatic rings. The number of hydrogen-bond acceptors (Lipinski definition) is 5. The molecular formula is C19H35N3O4. The van der Waals surface area contributed by atoms with Crippen LogP contribution in [0.4, 0.5) is 4.79 Å². The maximum Gasteiger partial charge on any atom is 0.413 e. The lowest BCUT2D eigenvalue weighted by Gasteiger charge is -2.43. The summed E-state index contributed by atoms with van der Waals surface area (Å²) in [4.78, 5) is 29.8. The lowest BCUT2D eigenvalue weighted by Crippen LogP contribution is -2.64. The molecule has 7 heteroatoms. The SMILES string of the molecule is C[C@@H]1CN(C(=O)[C@]2(C)CO[C@@H](C(C)(C)C)N2C(=O)OC(C)(C)C)CCN1. The van der Waals surface area contributed by atoms with E-state index in [-0.39, 0.29) is 24.0 Å². The first kappa shape index (κ1) is 21.0. The Morgan fingerprint density at radius 2 is 1.81 bits per heavy atom. The third-order valence-corrected chi connectivity index (χ3v) is 4.74. The summed E-state index contributed by atoms with van der Waals surface area (Å²) < 4.78 is 11.6. The molecule has 150 valence electrons. The van der Waals surface area contributed by atoms with Gasteiger partial charge in [0, 0.05) is 31.1 Å². The standard InChI is InChI=1S/C19H35N3O4/c1-13-11-21(10-9-20-13)14(23)19(8)12-25-15(17(2,3)4)22(19)16(24)26-18(5,6)7/h13,15,20H,9-12H2,1-8H3/t13-,15+,19+/m1/s1. The van der Waals surface area contributed by atoms with Crippen molar-refractivity contribution in [3.05, 3.63) is 0 Å². The monoisotopic (exact) mass is 369 g/mol. The maximum absolute atomic E-state index is 13.4. The van der Waals surface area contributed by atoms with E-state index >= 15 is 0 Å². The smallest absolute Gasteiger partial charge is 0.413 e. The molecule has 0 aromatic carbocycles. The summed E-state index contributed by atoms with van der Waals surface area (Å²) in [6.07, 6.45) is -1.03. The minimum atomic E-state index is -1.07. The van der Waals surface area contributed by atoms with Gasteiger partial charge in [-0.15, -0.1) is 0 Å². The number of piperazine rings is 1. The molecule has 0 aromatic rings. The molecule has 2 fully saturated rings. The summed E-state index contributed by atoms with van der Waals surface area (Å²) in [5.41, 5.74) is -2.06.